The van der Waals surface area contributed by atoms with Crippen molar-refractivity contribution in [2.24, 2.45) is 5.92 Å². The van der Waals surface area contributed by atoms with Crippen molar-refractivity contribution in [2.45, 2.75) is 20.4 Å². The summed E-state index contributed by atoms with van der Waals surface area (Å²) in [6.45, 7) is 4.44. The molecule has 0 unspecified atom stereocenters. The zero-order valence-corrected chi connectivity index (χ0v) is 16.8. The van der Waals surface area contributed by atoms with E-state index in [2.05, 4.69) is 5.32 Å². The maximum absolute atomic E-state index is 13.2. The third kappa shape index (κ3) is 4.23. The maximum atomic E-state index is 13.2. The first kappa shape index (κ1) is 20.4. The first-order valence-corrected chi connectivity index (χ1v) is 9.20. The second kappa shape index (κ2) is 8.34. The van der Waals surface area contributed by atoms with Gasteiger partial charge in [-0.3, -0.25) is 9.59 Å². The molecule has 1 heterocycles. The quantitative estimate of drug-likeness (QED) is 0.680. The molecule has 3 rings (SSSR count). The molecular formula is C22H23FN2O4. The summed E-state index contributed by atoms with van der Waals surface area (Å²) < 4.78 is 25.3. The third-order valence-corrected chi connectivity index (χ3v) is 4.50. The van der Waals surface area contributed by atoms with E-state index in [-0.39, 0.29) is 11.5 Å². The lowest BCUT2D eigenvalue weighted by Crippen LogP contribution is -2.25. The van der Waals surface area contributed by atoms with Crippen LogP contribution in [-0.2, 0) is 6.54 Å². The lowest BCUT2D eigenvalue weighted by molar-refractivity contribution is 0.102. The number of benzene rings is 2. The van der Waals surface area contributed by atoms with E-state index in [4.69, 9.17) is 9.47 Å². The Morgan fingerprint density at radius 2 is 1.66 bits per heavy atom. The van der Waals surface area contributed by atoms with Gasteiger partial charge in [-0.05, 0) is 42.3 Å². The molecule has 1 aromatic heterocycles. The Balaban J connectivity index is 2.19. The topological polar surface area (TPSA) is 69.6 Å². The maximum Gasteiger partial charge on any atom is 0.258 e. The molecule has 0 bridgehead atoms. The van der Waals surface area contributed by atoms with Crippen LogP contribution in [-0.4, -0.2) is 24.7 Å². The lowest BCUT2D eigenvalue weighted by atomic mass is 10.0. The number of amides is 1. The highest BCUT2D eigenvalue weighted by Gasteiger charge is 2.19. The average Bonchev–Trinajstić information content (AvgIpc) is 2.70. The summed E-state index contributed by atoms with van der Waals surface area (Å²) in [5.41, 5.74) is 0.546. The van der Waals surface area contributed by atoms with Gasteiger partial charge in [0.15, 0.2) is 11.5 Å². The van der Waals surface area contributed by atoms with Crippen LogP contribution in [0.25, 0.3) is 10.8 Å². The molecule has 3 aromatic rings. The number of rotatable bonds is 6. The normalized spacial score (nSPS) is 11.0. The van der Waals surface area contributed by atoms with E-state index < -0.39 is 11.7 Å². The summed E-state index contributed by atoms with van der Waals surface area (Å²) in [5.74, 6) is 0.224. The summed E-state index contributed by atoms with van der Waals surface area (Å²) >= 11 is 0. The largest absolute Gasteiger partial charge is 0.493 e. The minimum absolute atomic E-state index is 0.207. The minimum atomic E-state index is -0.411. The molecule has 2 aromatic carbocycles. The van der Waals surface area contributed by atoms with Crippen molar-refractivity contribution in [3.8, 4) is 11.5 Å². The Morgan fingerprint density at radius 1 is 1.07 bits per heavy atom. The molecule has 0 aliphatic rings. The summed E-state index contributed by atoms with van der Waals surface area (Å²) in [4.78, 5) is 26.0. The zero-order chi connectivity index (χ0) is 21.1. The van der Waals surface area contributed by atoms with E-state index in [0.29, 0.717) is 40.1 Å². The molecule has 0 saturated carbocycles. The van der Waals surface area contributed by atoms with Gasteiger partial charge in [-0.15, -0.1) is 0 Å². The number of hydrogen-bond acceptors (Lipinski definition) is 4. The molecule has 0 aliphatic carbocycles. The van der Waals surface area contributed by atoms with E-state index >= 15 is 0 Å². The molecule has 0 aliphatic heterocycles. The van der Waals surface area contributed by atoms with E-state index in [0.717, 1.165) is 0 Å². The first-order chi connectivity index (χ1) is 13.8. The number of anilines is 1. The van der Waals surface area contributed by atoms with Crippen molar-refractivity contribution >= 4 is 22.4 Å². The summed E-state index contributed by atoms with van der Waals surface area (Å²) in [5, 5.41) is 3.56. The number of nitrogens with one attached hydrogen (secondary N) is 1. The summed E-state index contributed by atoms with van der Waals surface area (Å²) in [7, 11) is 2.98. The van der Waals surface area contributed by atoms with Crippen molar-refractivity contribution in [1.29, 1.82) is 0 Å². The molecule has 0 radical (unpaired) electrons. The van der Waals surface area contributed by atoms with Gasteiger partial charge in [0.05, 0.1) is 25.2 Å². The molecule has 1 N–H and O–H groups in total. The molecule has 7 heteroatoms. The van der Waals surface area contributed by atoms with Gasteiger partial charge in [0, 0.05) is 23.8 Å². The fourth-order valence-electron chi connectivity index (χ4n) is 3.16. The monoisotopic (exact) mass is 398 g/mol. The number of carbonyl (C=O) groups is 1. The molecule has 152 valence electrons. The standard InChI is InChI=1S/C22H23FN2O4/c1-13(2)11-25-12-18(21(26)24-15-7-5-14(23)6-8-15)16-9-19(28-3)20(29-4)10-17(16)22(25)27/h5-10,12-13H,11H2,1-4H3,(H,24,26). The Bertz CT molecular complexity index is 1100. The molecule has 0 spiro atoms. The van der Waals surface area contributed by atoms with E-state index in [1.54, 1.807) is 18.3 Å². The molecule has 0 atom stereocenters. The number of halogens is 1. The van der Waals surface area contributed by atoms with Gasteiger partial charge >= 0.3 is 0 Å². The van der Waals surface area contributed by atoms with Crippen molar-refractivity contribution in [3.63, 3.8) is 0 Å². The molecular weight excluding hydrogens is 375 g/mol. The average molecular weight is 398 g/mol. The number of carbonyl (C=O) groups excluding carboxylic acids is 1. The number of pyridine rings is 1. The van der Waals surface area contributed by atoms with Crippen LogP contribution in [0.5, 0.6) is 11.5 Å². The number of ether oxygens (including phenoxy) is 2. The Hall–Kier alpha value is -3.35. The van der Waals surface area contributed by atoms with Crippen LogP contribution < -0.4 is 20.3 Å². The van der Waals surface area contributed by atoms with Crippen molar-refractivity contribution in [1.82, 2.24) is 4.57 Å². The lowest BCUT2D eigenvalue weighted by Gasteiger charge is -2.16. The highest BCUT2D eigenvalue weighted by Crippen LogP contribution is 2.32. The fraction of sp³-hybridized carbons (Fsp3) is 0.273. The van der Waals surface area contributed by atoms with Crippen LogP contribution in [0.1, 0.15) is 24.2 Å². The first-order valence-electron chi connectivity index (χ1n) is 9.20. The van der Waals surface area contributed by atoms with Crippen LogP contribution in [0.4, 0.5) is 10.1 Å². The van der Waals surface area contributed by atoms with E-state index in [1.807, 2.05) is 13.8 Å². The van der Waals surface area contributed by atoms with Gasteiger partial charge in [0.2, 0.25) is 0 Å². The SMILES string of the molecule is COc1cc2c(C(=O)Nc3ccc(F)cc3)cn(CC(C)C)c(=O)c2cc1OC. The Morgan fingerprint density at radius 3 is 2.21 bits per heavy atom. The number of methoxy groups -OCH3 is 2. The third-order valence-electron chi connectivity index (χ3n) is 4.50. The number of nitrogens with zero attached hydrogens (tertiary/aromatic N) is 1. The predicted molar refractivity (Wildman–Crippen MR) is 111 cm³/mol. The van der Waals surface area contributed by atoms with Gasteiger partial charge in [-0.2, -0.15) is 0 Å². The zero-order valence-electron chi connectivity index (χ0n) is 16.8. The number of aromatic nitrogens is 1. The van der Waals surface area contributed by atoms with Crippen LogP contribution in [0.3, 0.4) is 0 Å². The van der Waals surface area contributed by atoms with Crippen LogP contribution in [0.2, 0.25) is 0 Å². The number of hydrogen-bond donors (Lipinski definition) is 1. The molecule has 29 heavy (non-hydrogen) atoms. The molecule has 0 fully saturated rings. The van der Waals surface area contributed by atoms with Crippen molar-refractivity contribution < 1.29 is 18.7 Å². The van der Waals surface area contributed by atoms with Gasteiger partial charge < -0.3 is 19.4 Å². The van der Waals surface area contributed by atoms with Gasteiger partial charge in [0.1, 0.15) is 5.82 Å². The minimum Gasteiger partial charge on any atom is -0.493 e. The van der Waals surface area contributed by atoms with E-state index in [9.17, 15) is 14.0 Å². The van der Waals surface area contributed by atoms with Gasteiger partial charge in [0.25, 0.3) is 11.5 Å². The fourth-order valence-corrected chi connectivity index (χ4v) is 3.16. The van der Waals surface area contributed by atoms with Crippen LogP contribution in [0, 0.1) is 11.7 Å². The Labute approximate surface area is 167 Å². The molecule has 1 amide bonds. The van der Waals surface area contributed by atoms with Crippen molar-refractivity contribution in [2.75, 3.05) is 19.5 Å². The predicted octanol–water partition coefficient (Wildman–Crippen LogP) is 4.07. The molecule has 0 saturated heterocycles. The van der Waals surface area contributed by atoms with Gasteiger partial charge in [-0.25, -0.2) is 4.39 Å². The van der Waals surface area contributed by atoms with Crippen LogP contribution >= 0.6 is 0 Å². The highest BCUT2D eigenvalue weighted by molar-refractivity contribution is 6.13. The highest BCUT2D eigenvalue weighted by atomic mass is 19.1. The summed E-state index contributed by atoms with van der Waals surface area (Å²) in [6, 6.07) is 8.69. The second-order valence-electron chi connectivity index (χ2n) is 7.11. The second-order valence-corrected chi connectivity index (χ2v) is 7.11. The summed E-state index contributed by atoms with van der Waals surface area (Å²) in [6.07, 6.45) is 1.55. The van der Waals surface area contributed by atoms with Crippen molar-refractivity contribution in [3.05, 3.63) is 64.3 Å². The van der Waals surface area contributed by atoms with E-state index in [1.165, 1.54) is 43.1 Å². The van der Waals surface area contributed by atoms with Gasteiger partial charge in [-0.1, -0.05) is 13.8 Å². The number of fused-ring (bicyclic) bond motifs is 1. The van der Waals surface area contributed by atoms with Crippen LogP contribution in [0.15, 0.2) is 47.4 Å². The molecule has 6 nitrogen and oxygen atoms in total. The smallest absolute Gasteiger partial charge is 0.258 e. The Kier molecular flexibility index (Phi) is 5.87.